The fourth-order valence-electron chi connectivity index (χ4n) is 1.80. The van der Waals surface area contributed by atoms with Crippen LogP contribution in [0.25, 0.3) is 11.1 Å². The lowest BCUT2D eigenvalue weighted by atomic mass is 9.97. The van der Waals surface area contributed by atoms with Crippen molar-refractivity contribution in [2.24, 2.45) is 10.7 Å². The molecule has 0 atom stereocenters. The number of hydrogen-bond acceptors (Lipinski definition) is 3. The van der Waals surface area contributed by atoms with Gasteiger partial charge < -0.3 is 5.73 Å². The molecule has 2 rings (SSSR count). The van der Waals surface area contributed by atoms with Crippen LogP contribution in [0.15, 0.2) is 53.5 Å². The van der Waals surface area contributed by atoms with Crippen molar-refractivity contribution in [2.45, 2.75) is 0 Å². The third-order valence-electron chi connectivity index (χ3n) is 2.54. The molecule has 0 unspecified atom stereocenters. The average molecular weight is 238 g/mol. The highest BCUT2D eigenvalue weighted by Crippen LogP contribution is 2.33. The van der Waals surface area contributed by atoms with Gasteiger partial charge in [-0.1, -0.05) is 36.4 Å². The number of isocyanates is 1. The number of aliphatic imine (C=N–C) groups is 1. The molecular formula is C14H10N2O2. The zero-order valence-corrected chi connectivity index (χ0v) is 9.46. The van der Waals surface area contributed by atoms with Crippen LogP contribution in [0.5, 0.6) is 0 Å². The van der Waals surface area contributed by atoms with Crippen molar-refractivity contribution in [3.63, 3.8) is 0 Å². The van der Waals surface area contributed by atoms with Gasteiger partial charge in [0.15, 0.2) is 0 Å². The van der Waals surface area contributed by atoms with Gasteiger partial charge in [-0.15, -0.1) is 0 Å². The first-order valence-corrected chi connectivity index (χ1v) is 5.30. The Hall–Kier alpha value is -2.71. The van der Waals surface area contributed by atoms with E-state index in [0.29, 0.717) is 16.8 Å². The molecule has 0 heterocycles. The summed E-state index contributed by atoms with van der Waals surface area (Å²) in [5.74, 6) is -0.559. The van der Waals surface area contributed by atoms with Gasteiger partial charge >= 0.3 is 0 Å². The minimum absolute atomic E-state index is 0.331. The lowest BCUT2D eigenvalue weighted by molar-refractivity contribution is 0.100. The molecule has 2 aromatic carbocycles. The van der Waals surface area contributed by atoms with Gasteiger partial charge in [-0.25, -0.2) is 4.79 Å². The third-order valence-corrected chi connectivity index (χ3v) is 2.54. The first kappa shape index (κ1) is 11.8. The van der Waals surface area contributed by atoms with E-state index < -0.39 is 5.91 Å². The normalized spacial score (nSPS) is 9.56. The molecule has 0 bridgehead atoms. The molecular weight excluding hydrogens is 228 g/mol. The topological polar surface area (TPSA) is 72.5 Å². The summed E-state index contributed by atoms with van der Waals surface area (Å²) in [5, 5.41) is 0. The van der Waals surface area contributed by atoms with E-state index in [1.54, 1.807) is 18.2 Å². The van der Waals surface area contributed by atoms with Crippen molar-refractivity contribution in [3.8, 4) is 11.1 Å². The summed E-state index contributed by atoms with van der Waals surface area (Å²) in [6.45, 7) is 0. The Labute approximate surface area is 104 Å². The Morgan fingerprint density at radius 3 is 2.39 bits per heavy atom. The maximum atomic E-state index is 11.4. The molecule has 2 N–H and O–H groups in total. The van der Waals surface area contributed by atoms with Gasteiger partial charge in [-0.2, -0.15) is 4.99 Å². The molecule has 4 nitrogen and oxygen atoms in total. The number of nitrogens with zero attached hydrogens (tertiary/aromatic N) is 1. The summed E-state index contributed by atoms with van der Waals surface area (Å²) in [5.41, 5.74) is 7.38. The second-order valence-electron chi connectivity index (χ2n) is 3.63. The maximum absolute atomic E-state index is 11.4. The minimum Gasteiger partial charge on any atom is -0.366 e. The van der Waals surface area contributed by atoms with Gasteiger partial charge in [0.2, 0.25) is 12.0 Å². The van der Waals surface area contributed by atoms with Crippen LogP contribution in [0.2, 0.25) is 0 Å². The second kappa shape index (κ2) is 5.08. The van der Waals surface area contributed by atoms with E-state index in [1.165, 1.54) is 6.08 Å². The molecule has 18 heavy (non-hydrogen) atoms. The molecule has 4 heteroatoms. The quantitative estimate of drug-likeness (QED) is 0.658. The van der Waals surface area contributed by atoms with Crippen molar-refractivity contribution in [1.82, 2.24) is 0 Å². The van der Waals surface area contributed by atoms with E-state index in [4.69, 9.17) is 5.73 Å². The summed E-state index contributed by atoms with van der Waals surface area (Å²) < 4.78 is 0. The van der Waals surface area contributed by atoms with Gasteiger partial charge in [0.1, 0.15) is 0 Å². The van der Waals surface area contributed by atoms with Crippen LogP contribution in [0.3, 0.4) is 0 Å². The number of amides is 1. The van der Waals surface area contributed by atoms with Crippen molar-refractivity contribution < 1.29 is 9.59 Å². The maximum Gasteiger partial charge on any atom is 0.249 e. The molecule has 0 aromatic heterocycles. The highest BCUT2D eigenvalue weighted by Gasteiger charge is 2.13. The summed E-state index contributed by atoms with van der Waals surface area (Å²) in [6.07, 6.45) is 1.48. The number of carbonyl (C=O) groups excluding carboxylic acids is 2. The van der Waals surface area contributed by atoms with E-state index in [-0.39, 0.29) is 0 Å². The van der Waals surface area contributed by atoms with Crippen LogP contribution in [0.4, 0.5) is 5.69 Å². The summed E-state index contributed by atoms with van der Waals surface area (Å²) in [6, 6.07) is 14.1. The predicted octanol–water partition coefficient (Wildman–Crippen LogP) is 2.42. The molecule has 0 fully saturated rings. The highest BCUT2D eigenvalue weighted by molar-refractivity contribution is 6.02. The number of carbonyl (C=O) groups is 1. The number of rotatable bonds is 3. The van der Waals surface area contributed by atoms with Crippen LogP contribution >= 0.6 is 0 Å². The Morgan fingerprint density at radius 1 is 1.06 bits per heavy atom. The van der Waals surface area contributed by atoms with Crippen LogP contribution in [0.1, 0.15) is 10.4 Å². The predicted molar refractivity (Wildman–Crippen MR) is 68.2 cm³/mol. The molecule has 0 aliphatic carbocycles. The molecule has 0 aliphatic heterocycles. The minimum atomic E-state index is -0.559. The third kappa shape index (κ3) is 2.19. The van der Waals surface area contributed by atoms with Crippen LogP contribution in [0, 0.1) is 0 Å². The Morgan fingerprint density at radius 2 is 1.78 bits per heavy atom. The van der Waals surface area contributed by atoms with E-state index in [0.717, 1.165) is 5.56 Å². The lowest BCUT2D eigenvalue weighted by Crippen LogP contribution is -2.12. The van der Waals surface area contributed by atoms with E-state index in [2.05, 4.69) is 4.99 Å². The number of hydrogen-bond donors (Lipinski definition) is 1. The van der Waals surface area contributed by atoms with Gasteiger partial charge in [0, 0.05) is 11.1 Å². The fraction of sp³-hybridized carbons (Fsp3) is 0. The van der Waals surface area contributed by atoms with E-state index >= 15 is 0 Å². The average Bonchev–Trinajstić information content (AvgIpc) is 2.40. The molecule has 0 radical (unpaired) electrons. The van der Waals surface area contributed by atoms with E-state index in [1.807, 2.05) is 30.3 Å². The first-order chi connectivity index (χ1) is 8.74. The molecule has 0 saturated carbocycles. The van der Waals surface area contributed by atoms with Crippen LogP contribution < -0.4 is 5.73 Å². The first-order valence-electron chi connectivity index (χ1n) is 5.30. The van der Waals surface area contributed by atoms with Crippen molar-refractivity contribution in [3.05, 3.63) is 54.1 Å². The fourth-order valence-corrected chi connectivity index (χ4v) is 1.80. The Balaban J connectivity index is 2.76. The standard InChI is InChI=1S/C14H10N2O2/c15-14(18)11-7-4-8-12(16-9-17)13(11)10-5-2-1-3-6-10/h1-8H,(H2,15,18). The number of primary amides is 1. The summed E-state index contributed by atoms with van der Waals surface area (Å²) in [7, 11) is 0. The summed E-state index contributed by atoms with van der Waals surface area (Å²) >= 11 is 0. The smallest absolute Gasteiger partial charge is 0.249 e. The molecule has 2 aromatic rings. The van der Waals surface area contributed by atoms with Crippen molar-refractivity contribution >= 4 is 17.7 Å². The monoisotopic (exact) mass is 238 g/mol. The van der Waals surface area contributed by atoms with Gasteiger partial charge in [0.25, 0.3) is 0 Å². The number of nitrogens with two attached hydrogens (primary N) is 1. The molecule has 1 amide bonds. The second-order valence-corrected chi connectivity index (χ2v) is 3.63. The van der Waals surface area contributed by atoms with Crippen LogP contribution in [-0.2, 0) is 4.79 Å². The zero-order chi connectivity index (χ0) is 13.0. The van der Waals surface area contributed by atoms with Crippen molar-refractivity contribution in [2.75, 3.05) is 0 Å². The zero-order valence-electron chi connectivity index (χ0n) is 9.46. The lowest BCUT2D eigenvalue weighted by Gasteiger charge is -2.09. The van der Waals surface area contributed by atoms with Gasteiger partial charge in [-0.3, -0.25) is 4.79 Å². The summed E-state index contributed by atoms with van der Waals surface area (Å²) in [4.78, 5) is 25.5. The highest BCUT2D eigenvalue weighted by atomic mass is 16.1. The van der Waals surface area contributed by atoms with Gasteiger partial charge in [-0.05, 0) is 17.7 Å². The molecule has 88 valence electrons. The molecule has 0 spiro atoms. The Bertz CT molecular complexity index is 609. The SMILES string of the molecule is NC(=O)c1cccc(N=C=O)c1-c1ccccc1. The van der Waals surface area contributed by atoms with E-state index in [9.17, 15) is 9.59 Å². The van der Waals surface area contributed by atoms with Crippen LogP contribution in [-0.4, -0.2) is 12.0 Å². The van der Waals surface area contributed by atoms with Crippen molar-refractivity contribution in [1.29, 1.82) is 0 Å². The molecule has 0 saturated heterocycles. The van der Waals surface area contributed by atoms with Gasteiger partial charge in [0.05, 0.1) is 5.69 Å². The Kier molecular flexibility index (Phi) is 3.32. The largest absolute Gasteiger partial charge is 0.366 e. The molecule has 0 aliphatic rings. The number of benzene rings is 2.